The Balaban J connectivity index is 2.03. The highest BCUT2D eigenvalue weighted by Crippen LogP contribution is 2.36. The van der Waals surface area contributed by atoms with Crippen molar-refractivity contribution in [3.63, 3.8) is 0 Å². The molecule has 0 spiro atoms. The third-order valence-corrected chi connectivity index (χ3v) is 7.47. The summed E-state index contributed by atoms with van der Waals surface area (Å²) in [4.78, 5) is 0. The van der Waals surface area contributed by atoms with Crippen LogP contribution in [0.4, 0.5) is 5.88 Å². The van der Waals surface area contributed by atoms with Crippen molar-refractivity contribution in [2.24, 2.45) is 0 Å². The van der Waals surface area contributed by atoms with Gasteiger partial charge in [-0.05, 0) is 51.8 Å². The van der Waals surface area contributed by atoms with Crippen LogP contribution in [0.15, 0.2) is 48.9 Å². The number of nitrogens with zero attached hydrogens (tertiary/aromatic N) is 1. The summed E-state index contributed by atoms with van der Waals surface area (Å²) in [5, 5.41) is 5.54. The Labute approximate surface area is 159 Å². The van der Waals surface area contributed by atoms with Crippen LogP contribution in [-0.2, 0) is 16.4 Å². The number of benzene rings is 1. The summed E-state index contributed by atoms with van der Waals surface area (Å²) in [6, 6.07) is 9.74. The van der Waals surface area contributed by atoms with Gasteiger partial charge >= 0.3 is 0 Å². The molecule has 0 bridgehead atoms. The smallest absolute Gasteiger partial charge is 0.274 e. The average molecular weight is 441 g/mol. The van der Waals surface area contributed by atoms with Crippen molar-refractivity contribution in [2.45, 2.75) is 30.9 Å². The molecule has 0 radical (unpaired) electrons. The van der Waals surface area contributed by atoms with Crippen molar-refractivity contribution >= 4 is 43.2 Å². The topological polar surface area (TPSA) is 72.2 Å². The van der Waals surface area contributed by atoms with Crippen molar-refractivity contribution in [1.82, 2.24) is 5.16 Å². The number of aromatic nitrogens is 1. The first kappa shape index (κ1) is 18.2. The van der Waals surface area contributed by atoms with Crippen LogP contribution in [0.25, 0.3) is 11.1 Å². The van der Waals surface area contributed by atoms with E-state index in [-0.39, 0.29) is 10.1 Å². The highest BCUT2D eigenvalue weighted by molar-refractivity contribution is 9.10. The first-order valence-electron chi connectivity index (χ1n) is 7.74. The van der Waals surface area contributed by atoms with Crippen molar-refractivity contribution in [1.29, 1.82) is 0 Å². The number of halogens is 1. The van der Waals surface area contributed by atoms with E-state index >= 15 is 0 Å². The summed E-state index contributed by atoms with van der Waals surface area (Å²) in [5.41, 5.74) is 3.36. The maximum absolute atomic E-state index is 12.9. The van der Waals surface area contributed by atoms with E-state index in [0.29, 0.717) is 15.7 Å². The van der Waals surface area contributed by atoms with E-state index in [4.69, 9.17) is 4.52 Å². The second kappa shape index (κ2) is 7.31. The van der Waals surface area contributed by atoms with E-state index in [1.54, 1.807) is 12.3 Å². The van der Waals surface area contributed by atoms with Crippen LogP contribution in [-0.4, -0.2) is 13.6 Å². The molecule has 0 atom stereocenters. The molecule has 1 N–H and O–H groups in total. The van der Waals surface area contributed by atoms with Gasteiger partial charge in [0.05, 0.1) is 5.69 Å². The maximum Gasteiger partial charge on any atom is 0.274 e. The second-order valence-corrected chi connectivity index (χ2v) is 9.13. The monoisotopic (exact) mass is 440 g/mol. The van der Waals surface area contributed by atoms with Crippen molar-refractivity contribution in [2.75, 3.05) is 4.72 Å². The Morgan fingerprint density at radius 1 is 1.24 bits per heavy atom. The van der Waals surface area contributed by atoms with E-state index < -0.39 is 10.0 Å². The fourth-order valence-electron chi connectivity index (χ4n) is 2.56. The molecular weight excluding hydrogens is 424 g/mol. The molecule has 0 fully saturated rings. The fraction of sp³-hybridized carbons (Fsp3) is 0.235. The van der Waals surface area contributed by atoms with Crippen LogP contribution in [0.1, 0.15) is 24.6 Å². The molecule has 3 aromatic rings. The van der Waals surface area contributed by atoms with E-state index in [0.717, 1.165) is 24.0 Å². The number of hydrogen-bond acceptors (Lipinski definition) is 5. The maximum atomic E-state index is 12.9. The van der Waals surface area contributed by atoms with E-state index in [2.05, 4.69) is 32.7 Å². The van der Waals surface area contributed by atoms with E-state index in [1.165, 1.54) is 11.3 Å². The van der Waals surface area contributed by atoms with Crippen molar-refractivity contribution in [3.05, 3.63) is 51.4 Å². The van der Waals surface area contributed by atoms with Gasteiger partial charge in [0.15, 0.2) is 0 Å². The van der Waals surface area contributed by atoms with Crippen molar-refractivity contribution < 1.29 is 12.9 Å². The standard InChI is InChI=1S/C17H17BrN2O3S2/c1-3-6-12-7-4-5-8-13(12)14-9-10-24-17(14)25(21,22)20-16-15(18)11(2)19-23-16/h4-5,7-10,20H,3,6H2,1-2H3. The molecular formula is C17H17BrN2O3S2. The number of nitrogens with one attached hydrogen (secondary N) is 1. The molecule has 2 aromatic heterocycles. The summed E-state index contributed by atoms with van der Waals surface area (Å²) >= 11 is 4.46. The lowest BCUT2D eigenvalue weighted by atomic mass is 9.99. The highest BCUT2D eigenvalue weighted by atomic mass is 79.9. The summed E-state index contributed by atoms with van der Waals surface area (Å²) in [6.07, 6.45) is 1.89. The van der Waals surface area contributed by atoms with Crippen LogP contribution in [0, 0.1) is 6.92 Å². The van der Waals surface area contributed by atoms with Gasteiger partial charge in [-0.3, -0.25) is 0 Å². The van der Waals surface area contributed by atoms with Gasteiger partial charge in [0.1, 0.15) is 8.68 Å². The Morgan fingerprint density at radius 3 is 2.68 bits per heavy atom. The second-order valence-electron chi connectivity index (χ2n) is 5.55. The molecule has 0 saturated heterocycles. The van der Waals surface area contributed by atoms with E-state index in [9.17, 15) is 8.42 Å². The summed E-state index contributed by atoms with van der Waals surface area (Å²) in [7, 11) is -3.78. The summed E-state index contributed by atoms with van der Waals surface area (Å²) < 4.78 is 34.1. The number of rotatable bonds is 6. The molecule has 5 nitrogen and oxygen atoms in total. The molecule has 3 rings (SSSR count). The molecule has 2 heterocycles. The number of anilines is 1. The molecule has 0 unspecified atom stereocenters. The minimum absolute atomic E-state index is 0.0821. The van der Waals surface area contributed by atoms with Gasteiger partial charge in [-0.15, -0.1) is 11.3 Å². The van der Waals surface area contributed by atoms with E-state index in [1.807, 2.05) is 30.3 Å². The van der Waals surface area contributed by atoms with Crippen LogP contribution in [0.2, 0.25) is 0 Å². The number of sulfonamides is 1. The van der Waals surface area contributed by atoms with Gasteiger partial charge in [0.2, 0.25) is 0 Å². The van der Waals surface area contributed by atoms with Gasteiger partial charge in [0, 0.05) is 5.56 Å². The SMILES string of the molecule is CCCc1ccccc1-c1ccsc1S(=O)(=O)Nc1onc(C)c1Br. The zero-order valence-corrected chi connectivity index (χ0v) is 17.0. The van der Waals surface area contributed by atoms with Crippen LogP contribution in [0.5, 0.6) is 0 Å². The zero-order chi connectivity index (χ0) is 18.0. The summed E-state index contributed by atoms with van der Waals surface area (Å²) in [6.45, 7) is 3.83. The Kier molecular flexibility index (Phi) is 5.31. The fourth-order valence-corrected chi connectivity index (χ4v) is 5.31. The molecule has 0 aliphatic rings. The minimum atomic E-state index is -3.78. The third-order valence-electron chi connectivity index (χ3n) is 3.72. The predicted octanol–water partition coefficient (Wildman–Crippen LogP) is 5.23. The Bertz CT molecular complexity index is 993. The predicted molar refractivity (Wildman–Crippen MR) is 103 cm³/mol. The van der Waals surface area contributed by atoms with Gasteiger partial charge in [0.25, 0.3) is 15.9 Å². The molecule has 0 aliphatic heterocycles. The van der Waals surface area contributed by atoms with Gasteiger partial charge in [-0.2, -0.15) is 0 Å². The molecule has 8 heteroatoms. The first-order chi connectivity index (χ1) is 11.9. The van der Waals surface area contributed by atoms with Gasteiger partial charge in [-0.25, -0.2) is 13.1 Å². The zero-order valence-electron chi connectivity index (χ0n) is 13.7. The largest absolute Gasteiger partial charge is 0.336 e. The lowest BCUT2D eigenvalue weighted by Gasteiger charge is -2.10. The molecule has 0 amide bonds. The minimum Gasteiger partial charge on any atom is -0.336 e. The van der Waals surface area contributed by atoms with Crippen LogP contribution >= 0.6 is 27.3 Å². The molecule has 1 aromatic carbocycles. The molecule has 132 valence electrons. The third kappa shape index (κ3) is 3.65. The summed E-state index contributed by atoms with van der Waals surface area (Å²) in [5.74, 6) is 0.0821. The van der Waals surface area contributed by atoms with Gasteiger partial charge in [-0.1, -0.05) is 42.8 Å². The molecule has 0 saturated carbocycles. The lowest BCUT2D eigenvalue weighted by molar-refractivity contribution is 0.430. The first-order valence-corrected chi connectivity index (χ1v) is 10.9. The van der Waals surface area contributed by atoms with Crippen LogP contribution in [0.3, 0.4) is 0 Å². The Morgan fingerprint density at radius 2 is 2.00 bits per heavy atom. The Hall–Kier alpha value is -1.64. The number of aryl methyl sites for hydroxylation is 2. The molecule has 25 heavy (non-hydrogen) atoms. The lowest BCUT2D eigenvalue weighted by Crippen LogP contribution is -2.12. The number of hydrogen-bond donors (Lipinski definition) is 1. The number of thiophene rings is 1. The van der Waals surface area contributed by atoms with Crippen LogP contribution < -0.4 is 4.72 Å². The highest BCUT2D eigenvalue weighted by Gasteiger charge is 2.25. The van der Waals surface area contributed by atoms with Crippen molar-refractivity contribution in [3.8, 4) is 11.1 Å². The normalized spacial score (nSPS) is 11.6. The van der Waals surface area contributed by atoms with Gasteiger partial charge < -0.3 is 4.52 Å². The molecule has 0 aliphatic carbocycles. The quantitative estimate of drug-likeness (QED) is 0.569. The average Bonchev–Trinajstić information content (AvgIpc) is 3.19.